The van der Waals surface area contributed by atoms with Crippen LogP contribution in [0.4, 0.5) is 18.0 Å². The summed E-state index contributed by atoms with van der Waals surface area (Å²) in [6.07, 6.45) is -1.14. The molecule has 0 aromatic heterocycles. The molecular formula is C20H39F3N4O6S. The van der Waals surface area contributed by atoms with Crippen LogP contribution in [-0.2, 0) is 19.6 Å². The molecule has 34 heavy (non-hydrogen) atoms. The Morgan fingerprint density at radius 1 is 1.12 bits per heavy atom. The first-order valence-electron chi connectivity index (χ1n) is 11.2. The number of nitrogens with zero attached hydrogens (tertiary/aromatic N) is 1. The molecule has 0 radical (unpaired) electrons. The Morgan fingerprint density at radius 2 is 1.59 bits per heavy atom. The smallest absolute Gasteiger partial charge is 0.475 e. The third-order valence-electron chi connectivity index (χ3n) is 4.66. The maximum absolute atomic E-state index is 11.6. The molecule has 0 aromatic carbocycles. The molecule has 0 aliphatic carbocycles. The maximum atomic E-state index is 11.6. The van der Waals surface area contributed by atoms with Crippen LogP contribution in [0.2, 0.25) is 0 Å². The Bertz CT molecular complexity index is 715. The molecule has 0 spiro atoms. The van der Waals surface area contributed by atoms with Gasteiger partial charge in [0.05, 0.1) is 5.75 Å². The van der Waals surface area contributed by atoms with E-state index in [9.17, 15) is 26.4 Å². The fraction of sp³-hybridized carbons (Fsp3) is 0.900. The van der Waals surface area contributed by atoms with Crippen LogP contribution in [-0.4, -0.2) is 85.7 Å². The van der Waals surface area contributed by atoms with Crippen LogP contribution < -0.4 is 16.4 Å². The zero-order chi connectivity index (χ0) is 26.6. The van der Waals surface area contributed by atoms with Gasteiger partial charge in [0.25, 0.3) is 0 Å². The molecule has 0 saturated carbocycles. The van der Waals surface area contributed by atoms with E-state index < -0.39 is 27.8 Å². The second-order valence-corrected chi connectivity index (χ2v) is 11.1. The van der Waals surface area contributed by atoms with E-state index in [4.69, 9.17) is 20.4 Å². The third-order valence-corrected chi connectivity index (χ3v) is 6.73. The number of nitrogens with two attached hydrogens (primary N) is 1. The van der Waals surface area contributed by atoms with E-state index in [1.165, 1.54) is 0 Å². The minimum atomic E-state index is -5.08. The SMILES string of the molecule is CC(C)(C)OC(=O)NC1CCNCC1.CCCS(=O)(=O)N1CCC(N)CC1.O=C(O)C(F)(F)F. The van der Waals surface area contributed by atoms with Gasteiger partial charge in [0.2, 0.25) is 10.0 Å². The number of carboxylic acid groups (broad SMARTS) is 1. The second kappa shape index (κ2) is 14.7. The average molecular weight is 521 g/mol. The van der Waals surface area contributed by atoms with Gasteiger partial charge in [-0.25, -0.2) is 22.3 Å². The van der Waals surface area contributed by atoms with Gasteiger partial charge in [-0.1, -0.05) is 6.92 Å². The summed E-state index contributed by atoms with van der Waals surface area (Å²) >= 11 is 0. The number of carboxylic acids is 1. The highest BCUT2D eigenvalue weighted by atomic mass is 32.2. The van der Waals surface area contributed by atoms with E-state index in [2.05, 4.69) is 10.6 Å². The molecule has 2 aliphatic rings. The summed E-state index contributed by atoms with van der Waals surface area (Å²) < 4.78 is 61.6. The first-order chi connectivity index (χ1) is 15.5. The summed E-state index contributed by atoms with van der Waals surface area (Å²) in [5.41, 5.74) is 5.29. The summed E-state index contributed by atoms with van der Waals surface area (Å²) in [5.74, 6) is -2.49. The summed E-state index contributed by atoms with van der Waals surface area (Å²) in [6.45, 7) is 10.6. The number of alkyl carbamates (subject to hydrolysis) is 1. The van der Waals surface area contributed by atoms with Gasteiger partial charge in [-0.3, -0.25) is 0 Å². The van der Waals surface area contributed by atoms with Crippen molar-refractivity contribution in [3.05, 3.63) is 0 Å². The first-order valence-corrected chi connectivity index (χ1v) is 12.8. The lowest BCUT2D eigenvalue weighted by molar-refractivity contribution is -0.192. The Morgan fingerprint density at radius 3 is 1.97 bits per heavy atom. The molecule has 0 atom stereocenters. The lowest BCUT2D eigenvalue weighted by Gasteiger charge is -2.29. The highest BCUT2D eigenvalue weighted by molar-refractivity contribution is 7.89. The molecule has 10 nitrogen and oxygen atoms in total. The van der Waals surface area contributed by atoms with E-state index in [-0.39, 0.29) is 23.9 Å². The minimum absolute atomic E-state index is 0.188. The van der Waals surface area contributed by atoms with Crippen molar-refractivity contribution in [3.8, 4) is 0 Å². The average Bonchev–Trinajstić information content (AvgIpc) is 2.68. The summed E-state index contributed by atoms with van der Waals surface area (Å²) in [5, 5.41) is 13.2. The highest BCUT2D eigenvalue weighted by Gasteiger charge is 2.38. The lowest BCUT2D eigenvalue weighted by atomic mass is 10.1. The molecular weight excluding hydrogens is 481 g/mol. The van der Waals surface area contributed by atoms with Gasteiger partial charge >= 0.3 is 18.2 Å². The van der Waals surface area contributed by atoms with Gasteiger partial charge < -0.3 is 26.2 Å². The normalized spacial score (nSPS) is 18.6. The standard InChI is InChI=1S/C10H20N2O2.C8H18N2O2S.C2HF3O2/c1-10(2,3)14-9(13)12-8-4-6-11-7-5-8;1-2-7-13(11,12)10-5-3-8(9)4-6-10;3-2(4,5)1(6)7/h8,11H,4-7H2,1-3H3,(H,12,13);8H,2-7,9H2,1H3;(H,6,7). The zero-order valence-electron chi connectivity index (χ0n) is 20.3. The van der Waals surface area contributed by atoms with Crippen LogP contribution in [0.25, 0.3) is 0 Å². The topological polar surface area (TPSA) is 151 Å². The molecule has 0 aromatic rings. The van der Waals surface area contributed by atoms with E-state index in [1.807, 2.05) is 27.7 Å². The van der Waals surface area contributed by atoms with Crippen molar-refractivity contribution >= 4 is 22.1 Å². The molecule has 0 bridgehead atoms. The van der Waals surface area contributed by atoms with Gasteiger partial charge in [0.1, 0.15) is 5.60 Å². The number of hydrogen-bond donors (Lipinski definition) is 4. The Kier molecular flexibility index (Phi) is 14.0. The number of nitrogens with one attached hydrogen (secondary N) is 2. The molecule has 202 valence electrons. The van der Waals surface area contributed by atoms with E-state index in [0.29, 0.717) is 19.5 Å². The van der Waals surface area contributed by atoms with Crippen LogP contribution in [0.15, 0.2) is 0 Å². The van der Waals surface area contributed by atoms with Crippen molar-refractivity contribution in [1.82, 2.24) is 14.9 Å². The van der Waals surface area contributed by atoms with Crippen LogP contribution in [0.5, 0.6) is 0 Å². The van der Waals surface area contributed by atoms with E-state index in [0.717, 1.165) is 38.8 Å². The summed E-state index contributed by atoms with van der Waals surface area (Å²) in [4.78, 5) is 20.3. The van der Waals surface area contributed by atoms with Crippen molar-refractivity contribution in [2.24, 2.45) is 5.73 Å². The maximum Gasteiger partial charge on any atom is 0.490 e. The monoisotopic (exact) mass is 520 g/mol. The third kappa shape index (κ3) is 15.3. The fourth-order valence-corrected chi connectivity index (χ4v) is 4.52. The number of carbonyl (C=O) groups excluding carboxylic acids is 1. The van der Waals surface area contributed by atoms with Gasteiger partial charge in [0, 0.05) is 25.2 Å². The number of alkyl halides is 3. The van der Waals surface area contributed by atoms with Crippen molar-refractivity contribution in [2.75, 3.05) is 31.9 Å². The molecule has 2 rings (SSSR count). The molecule has 2 heterocycles. The molecule has 1 amide bonds. The fourth-order valence-electron chi connectivity index (χ4n) is 2.98. The van der Waals surface area contributed by atoms with Crippen molar-refractivity contribution < 1.29 is 41.0 Å². The predicted octanol–water partition coefficient (Wildman–Crippen LogP) is 2.05. The largest absolute Gasteiger partial charge is 0.490 e. The number of amides is 1. The molecule has 14 heteroatoms. The number of halogens is 3. The van der Waals surface area contributed by atoms with Crippen LogP contribution in [0.3, 0.4) is 0 Å². The number of piperidine rings is 2. The molecule has 0 unspecified atom stereocenters. The van der Waals surface area contributed by atoms with Gasteiger partial charge in [0.15, 0.2) is 0 Å². The van der Waals surface area contributed by atoms with Crippen molar-refractivity contribution in [1.29, 1.82) is 0 Å². The lowest BCUT2D eigenvalue weighted by Crippen LogP contribution is -2.44. The van der Waals surface area contributed by atoms with Crippen molar-refractivity contribution in [2.45, 2.75) is 83.7 Å². The number of ether oxygens (including phenoxy) is 1. The van der Waals surface area contributed by atoms with E-state index >= 15 is 0 Å². The quantitative estimate of drug-likeness (QED) is 0.440. The number of carbonyl (C=O) groups is 2. The summed E-state index contributed by atoms with van der Waals surface area (Å²) in [7, 11) is -2.98. The Labute approximate surface area is 199 Å². The van der Waals surface area contributed by atoms with Gasteiger partial charge in [-0.2, -0.15) is 13.2 Å². The molecule has 5 N–H and O–H groups in total. The summed E-state index contributed by atoms with van der Waals surface area (Å²) in [6, 6.07) is 0.458. The second-order valence-electron chi connectivity index (χ2n) is 9.03. The number of aliphatic carboxylic acids is 1. The van der Waals surface area contributed by atoms with Crippen LogP contribution in [0.1, 0.15) is 59.8 Å². The Balaban J connectivity index is 0.000000509. The predicted molar refractivity (Wildman–Crippen MR) is 122 cm³/mol. The molecule has 2 saturated heterocycles. The highest BCUT2D eigenvalue weighted by Crippen LogP contribution is 2.14. The number of hydrogen-bond acceptors (Lipinski definition) is 7. The van der Waals surface area contributed by atoms with Gasteiger partial charge in [-0.05, 0) is 66.0 Å². The minimum Gasteiger partial charge on any atom is -0.475 e. The van der Waals surface area contributed by atoms with E-state index in [1.54, 1.807) is 4.31 Å². The zero-order valence-corrected chi connectivity index (χ0v) is 21.1. The van der Waals surface area contributed by atoms with Crippen LogP contribution >= 0.6 is 0 Å². The first kappa shape index (κ1) is 32.4. The Hall–Kier alpha value is -1.64. The molecule has 2 aliphatic heterocycles. The van der Waals surface area contributed by atoms with Gasteiger partial charge in [-0.15, -0.1) is 0 Å². The number of sulfonamides is 1. The van der Waals surface area contributed by atoms with Crippen LogP contribution in [0, 0.1) is 0 Å². The number of rotatable bonds is 4. The molecule has 2 fully saturated rings. The van der Waals surface area contributed by atoms with Crippen molar-refractivity contribution in [3.63, 3.8) is 0 Å².